The Hall–Kier alpha value is -8.68. The highest BCUT2D eigenvalue weighted by atomic mass is 32.2. The molecule has 2 saturated heterocycles. The molecule has 680 valence electrons. The Morgan fingerprint density at radius 2 is 0.927 bits per heavy atom. The topological polar surface area (TPSA) is 335 Å². The molecular weight excluding hydrogens is 1650 g/mol. The first-order valence-electron chi connectivity index (χ1n) is 44.2. The zero-order valence-corrected chi connectivity index (χ0v) is 75.4. The Kier molecular flexibility index (Phi) is 26.6. The Morgan fingerprint density at radius 1 is 0.556 bits per heavy atom. The summed E-state index contributed by atoms with van der Waals surface area (Å²) in [6.07, 6.45) is 14.5. The molecule has 6 fully saturated rings. The zero-order chi connectivity index (χ0) is 90.0. The fraction of sp³-hybridized carbons (Fsp3) is 0.674. The minimum Gasteiger partial charge on any atom is -0.497 e. The van der Waals surface area contributed by atoms with Crippen LogP contribution in [0.5, 0.6) is 35.0 Å². The molecule has 0 bridgehead atoms. The number of carbonyl (C=O) groups excluding carboxylic acids is 8. The summed E-state index contributed by atoms with van der Waals surface area (Å²) in [7, 11) is -4.89. The summed E-state index contributed by atoms with van der Waals surface area (Å²) in [4.78, 5) is 128. The monoisotopic (exact) mass is 1770 g/mol. The summed E-state index contributed by atoms with van der Waals surface area (Å²) in [6, 6.07) is 8.78. The highest BCUT2D eigenvalue weighted by Crippen LogP contribution is 2.60. The van der Waals surface area contributed by atoms with Crippen LogP contribution in [0.3, 0.4) is 0 Å². The van der Waals surface area contributed by atoms with Gasteiger partial charge >= 0.3 is 11.9 Å². The summed E-state index contributed by atoms with van der Waals surface area (Å²) in [5, 5.41) is 3.03. The summed E-state index contributed by atoms with van der Waals surface area (Å²) < 4.78 is 161. The second-order valence-electron chi connectivity index (χ2n) is 38.5. The molecule has 32 heteroatoms. The highest BCUT2D eigenvalue weighted by molar-refractivity contribution is 7.92. The SMILES string of the molecule is CC[C@@H]1C[C@@H](C)CC/C=C\[C@@H]2C[C@@]2(C(=O)NS(=O)(=O)C2(C)CC2)CC(=O)[C@@H]2C[C@@H](Oc3nc4c(c5cc(OC)ccc35)CCCO4)CN2C(=O)[C@H]1CC(=O)OC(C)(C)C(C)(F)F.CC[C@@H]1C[C@H](C)CC/C=C\[C@@H]2C[C@@]2(C(=O)NS(=O)(=O)C2(C)CC2)CC(=O)[C@@H]2C[C@@H](Oc3nc4c(c5cc(OC)ccc35)CCCO4)CN2C(=O)[C@H]1CC(=O)OC(C)(C)C(C)(F)F. The van der Waals surface area contributed by atoms with Crippen LogP contribution >= 0.6 is 0 Å². The number of nitrogens with one attached hydrogen (secondary N) is 2. The Balaban J connectivity index is 0.000000213. The Bertz CT molecular complexity index is 4790. The van der Waals surface area contributed by atoms with Gasteiger partial charge in [-0.1, -0.05) is 64.8 Å². The molecule has 0 radical (unpaired) electrons. The lowest BCUT2D eigenvalue weighted by molar-refractivity contribution is -0.197. The van der Waals surface area contributed by atoms with E-state index in [9.17, 15) is 63.2 Å². The lowest BCUT2D eigenvalue weighted by atomic mass is 9.79. The zero-order valence-electron chi connectivity index (χ0n) is 73.8. The number of halogens is 4. The predicted octanol–water partition coefficient (Wildman–Crippen LogP) is 14.5. The molecule has 10 aliphatic rings. The van der Waals surface area contributed by atoms with Crippen molar-refractivity contribution < 1.29 is 111 Å². The molecule has 14 rings (SSSR count). The van der Waals surface area contributed by atoms with Crippen molar-refractivity contribution in [3.63, 3.8) is 0 Å². The molecule has 8 heterocycles. The third-order valence-electron chi connectivity index (χ3n) is 28.6. The van der Waals surface area contributed by atoms with E-state index in [1.165, 1.54) is 9.80 Å². The van der Waals surface area contributed by atoms with Gasteiger partial charge in [0.25, 0.3) is 11.8 Å². The van der Waals surface area contributed by atoms with Crippen molar-refractivity contribution >= 4 is 88.7 Å². The van der Waals surface area contributed by atoms with Crippen molar-refractivity contribution in [2.45, 2.75) is 294 Å². The van der Waals surface area contributed by atoms with Crippen LogP contribution in [0.15, 0.2) is 60.7 Å². The third kappa shape index (κ3) is 19.4. The van der Waals surface area contributed by atoms with Crippen LogP contribution in [-0.4, -0.2) is 181 Å². The van der Waals surface area contributed by atoms with Crippen molar-refractivity contribution in [3.8, 4) is 35.0 Å². The van der Waals surface area contributed by atoms with E-state index >= 15 is 9.59 Å². The summed E-state index contributed by atoms with van der Waals surface area (Å²) in [5.74, 6) is -13.0. The third-order valence-corrected chi connectivity index (χ3v) is 32.9. The number of fused-ring (bicyclic) bond motifs is 10. The van der Waals surface area contributed by atoms with E-state index < -0.39 is 171 Å². The molecule has 4 aliphatic carbocycles. The average molecular weight is 1770 g/mol. The van der Waals surface area contributed by atoms with Crippen LogP contribution < -0.4 is 37.9 Å². The molecule has 2 N–H and O–H groups in total. The van der Waals surface area contributed by atoms with E-state index in [1.807, 2.05) is 62.4 Å². The molecular formula is C92H122F4N6O20S2. The number of carbonyl (C=O) groups is 8. The number of rotatable bonds is 22. The van der Waals surface area contributed by atoms with Crippen molar-refractivity contribution in [3.05, 3.63) is 71.8 Å². The fourth-order valence-electron chi connectivity index (χ4n) is 18.8. The smallest absolute Gasteiger partial charge is 0.307 e. The van der Waals surface area contributed by atoms with E-state index in [0.29, 0.717) is 138 Å². The van der Waals surface area contributed by atoms with Gasteiger partial charge in [-0.2, -0.15) is 9.97 Å². The van der Waals surface area contributed by atoms with Crippen molar-refractivity contribution in [2.24, 2.45) is 58.2 Å². The number of Topliss-reactive ketones (excluding diaryl/α,β-unsaturated/α-hetero) is 2. The maximum atomic E-state index is 15.2. The lowest BCUT2D eigenvalue weighted by Gasteiger charge is -2.35. The van der Waals surface area contributed by atoms with E-state index in [1.54, 1.807) is 40.2 Å². The Morgan fingerprint density at radius 3 is 1.27 bits per heavy atom. The quantitative estimate of drug-likeness (QED) is 0.0419. The molecule has 14 atom stereocenters. The molecule has 26 nitrogen and oxygen atoms in total. The normalized spacial score (nSPS) is 29.5. The summed E-state index contributed by atoms with van der Waals surface area (Å²) >= 11 is 0. The number of ether oxygens (including phenoxy) is 8. The molecule has 0 unspecified atom stereocenters. The molecule has 4 aromatic rings. The second kappa shape index (κ2) is 35.5. The van der Waals surface area contributed by atoms with Crippen molar-refractivity contribution in [1.29, 1.82) is 0 Å². The first-order valence-corrected chi connectivity index (χ1v) is 47.1. The number of amides is 4. The number of aryl methyl sites for hydroxylation is 2. The number of methoxy groups -OCH3 is 2. The first kappa shape index (κ1) is 93.0. The van der Waals surface area contributed by atoms with Gasteiger partial charge < -0.3 is 47.7 Å². The number of pyridine rings is 2. The number of allylic oxidation sites excluding steroid dienone is 4. The molecule has 2 aromatic heterocycles. The minimum atomic E-state index is -4.02. The van der Waals surface area contributed by atoms with Gasteiger partial charge in [-0.25, -0.2) is 34.4 Å². The maximum absolute atomic E-state index is 15.2. The van der Waals surface area contributed by atoms with Gasteiger partial charge in [0, 0.05) is 61.4 Å². The summed E-state index contributed by atoms with van der Waals surface area (Å²) in [5.41, 5.74) is -5.20. The van der Waals surface area contributed by atoms with Gasteiger partial charge in [0.05, 0.1) is 97.6 Å². The number of esters is 2. The predicted molar refractivity (Wildman–Crippen MR) is 453 cm³/mol. The molecule has 2 aromatic carbocycles. The molecule has 0 spiro atoms. The fourth-order valence-corrected chi connectivity index (χ4v) is 21.4. The van der Waals surface area contributed by atoms with Gasteiger partial charge in [-0.15, -0.1) is 0 Å². The minimum absolute atomic E-state index is 0.00979. The van der Waals surface area contributed by atoms with Crippen molar-refractivity contribution in [2.75, 3.05) is 40.5 Å². The van der Waals surface area contributed by atoms with Crippen LogP contribution in [0.25, 0.3) is 21.5 Å². The molecule has 6 aliphatic heterocycles. The largest absolute Gasteiger partial charge is 0.497 e. The maximum Gasteiger partial charge on any atom is 0.307 e. The lowest BCUT2D eigenvalue weighted by Crippen LogP contribution is -2.49. The number of ketones is 2. The van der Waals surface area contributed by atoms with E-state index in [2.05, 4.69) is 23.3 Å². The number of alkyl halides is 4. The molecule has 4 saturated carbocycles. The van der Waals surface area contributed by atoms with Crippen LogP contribution in [-0.2, 0) is 80.7 Å². The molecule has 4 amide bonds. The standard InChI is InChI=1S/2C46H61F2N3O10S/c2*1-8-28-20-27(2)12-9-10-13-29-24-46(29,42(55)50-62(56,57)44(5)17-18-44)25-37(52)36-22-31(26-51(36)41(54)34(28)23-38(53)61-43(3,4)45(6,47)48)60-40-33-16-15-30(58-7)21-35(33)32-14-11-19-59-39(32)49-40/h2*10,13,15-16,21,27-29,31,34,36H,8-9,11-12,14,17-20,22-26H2,1-7H3,(H,50,55)/b2*13-10-/t27-,28+,29+,31+,34-,36-,46+;27-,28-,29-,31-,34+,36+,46-/m01/s1. The number of nitrogens with zero attached hydrogens (tertiary/aromatic N) is 4. The van der Waals surface area contributed by atoms with Gasteiger partial charge in [0.1, 0.15) is 23.7 Å². The van der Waals surface area contributed by atoms with Crippen LogP contribution in [0.1, 0.15) is 235 Å². The van der Waals surface area contributed by atoms with Gasteiger partial charge in [-0.3, -0.25) is 47.8 Å². The highest BCUT2D eigenvalue weighted by Gasteiger charge is 2.65. The van der Waals surface area contributed by atoms with Gasteiger partial charge in [0.2, 0.25) is 67.2 Å². The van der Waals surface area contributed by atoms with E-state index in [-0.39, 0.29) is 87.0 Å². The van der Waals surface area contributed by atoms with Crippen LogP contribution in [0.4, 0.5) is 17.6 Å². The number of aromatic nitrogens is 2. The van der Waals surface area contributed by atoms with Crippen molar-refractivity contribution in [1.82, 2.24) is 29.2 Å². The van der Waals surface area contributed by atoms with Gasteiger partial charge in [-0.05, 0) is 227 Å². The van der Waals surface area contributed by atoms with Gasteiger partial charge in [0.15, 0.2) is 22.8 Å². The van der Waals surface area contributed by atoms with E-state index in [4.69, 9.17) is 47.9 Å². The second-order valence-corrected chi connectivity index (χ2v) is 42.9. The number of sulfonamides is 2. The molecule has 124 heavy (non-hydrogen) atoms. The van der Waals surface area contributed by atoms with E-state index in [0.717, 1.165) is 75.3 Å². The van der Waals surface area contributed by atoms with Crippen LogP contribution in [0, 0.1) is 58.2 Å². The van der Waals surface area contributed by atoms with Crippen LogP contribution in [0.2, 0.25) is 0 Å². The average Bonchev–Trinajstić information content (AvgIpc) is 1.56. The Labute approximate surface area is 724 Å². The number of benzene rings is 2. The summed E-state index contributed by atoms with van der Waals surface area (Å²) in [6.45, 7) is 17.7. The first-order chi connectivity index (χ1) is 58.2. The number of hydrogen-bond donors (Lipinski definition) is 2. The number of hydrogen-bond acceptors (Lipinski definition) is 22.